The molecule has 0 fully saturated rings. The molecule has 10 heteroatoms. The molecule has 0 aliphatic heterocycles. The minimum atomic E-state index is -1.14. The van der Waals surface area contributed by atoms with E-state index in [2.05, 4.69) is 20.2 Å². The van der Waals surface area contributed by atoms with E-state index in [1.165, 1.54) is 27.8 Å². The molecular weight excluding hydrogens is 367 g/mol. The van der Waals surface area contributed by atoms with Crippen LogP contribution >= 0.6 is 0 Å². The first-order valence-corrected chi connectivity index (χ1v) is 8.37. The van der Waals surface area contributed by atoms with Crippen LogP contribution in [-0.2, 0) is 0 Å². The van der Waals surface area contributed by atoms with E-state index >= 15 is 0 Å². The maximum absolute atomic E-state index is 13.9. The summed E-state index contributed by atoms with van der Waals surface area (Å²) in [5, 5.41) is 17.1. The Balaban J connectivity index is 1.79. The number of aromatic nitrogens is 6. The van der Waals surface area contributed by atoms with Gasteiger partial charge in [0.15, 0.2) is 5.52 Å². The largest absolute Gasteiger partial charge is 0.478 e. The van der Waals surface area contributed by atoms with Crippen molar-refractivity contribution in [3.05, 3.63) is 69.7 Å². The molecule has 3 aromatic heterocycles. The van der Waals surface area contributed by atoms with Gasteiger partial charge in [0.2, 0.25) is 5.95 Å². The fraction of sp³-hybridized carbons (Fsp3) is 0.167. The summed E-state index contributed by atoms with van der Waals surface area (Å²) in [6.07, 6.45) is 3.83. The van der Waals surface area contributed by atoms with Crippen molar-refractivity contribution in [2.24, 2.45) is 0 Å². The highest BCUT2D eigenvalue weighted by Crippen LogP contribution is 2.22. The van der Waals surface area contributed by atoms with E-state index in [1.54, 1.807) is 26.0 Å². The van der Waals surface area contributed by atoms with Crippen LogP contribution in [0.1, 0.15) is 34.5 Å². The molecule has 0 bridgehead atoms. The number of carbonyl (C=O) groups is 1. The van der Waals surface area contributed by atoms with Gasteiger partial charge in [0.1, 0.15) is 11.3 Å². The van der Waals surface area contributed by atoms with Gasteiger partial charge >= 0.3 is 5.97 Å². The fourth-order valence-corrected chi connectivity index (χ4v) is 2.92. The molecule has 142 valence electrons. The van der Waals surface area contributed by atoms with Gasteiger partial charge in [0.05, 0.1) is 24.0 Å². The van der Waals surface area contributed by atoms with E-state index in [9.17, 15) is 14.0 Å². The van der Waals surface area contributed by atoms with E-state index in [-0.39, 0.29) is 22.8 Å². The second-order valence-corrected chi connectivity index (χ2v) is 6.38. The Labute approximate surface area is 157 Å². The van der Waals surface area contributed by atoms with Gasteiger partial charge in [0.25, 0.3) is 5.56 Å². The van der Waals surface area contributed by atoms with Gasteiger partial charge in [-0.25, -0.2) is 18.9 Å². The van der Waals surface area contributed by atoms with Crippen molar-refractivity contribution >= 4 is 17.0 Å². The minimum absolute atomic E-state index is 0.0338. The predicted octanol–water partition coefficient (Wildman–Crippen LogP) is 2.06. The van der Waals surface area contributed by atoms with Crippen LogP contribution in [0.25, 0.3) is 17.0 Å². The van der Waals surface area contributed by atoms with Crippen molar-refractivity contribution in [3.8, 4) is 5.95 Å². The van der Waals surface area contributed by atoms with Crippen molar-refractivity contribution in [2.75, 3.05) is 0 Å². The van der Waals surface area contributed by atoms with Crippen LogP contribution in [0.3, 0.4) is 0 Å². The number of nitrogens with zero attached hydrogens (tertiary/aromatic N) is 5. The van der Waals surface area contributed by atoms with Crippen molar-refractivity contribution in [3.63, 3.8) is 0 Å². The second kappa shape index (κ2) is 6.41. The van der Waals surface area contributed by atoms with E-state index in [4.69, 9.17) is 5.11 Å². The van der Waals surface area contributed by atoms with Crippen LogP contribution in [0.2, 0.25) is 0 Å². The number of benzene rings is 1. The van der Waals surface area contributed by atoms with Gasteiger partial charge in [-0.3, -0.25) is 14.5 Å². The third-order valence-corrected chi connectivity index (χ3v) is 4.53. The van der Waals surface area contributed by atoms with Crippen LogP contribution in [0.15, 0.2) is 41.6 Å². The average molecular weight is 382 g/mol. The van der Waals surface area contributed by atoms with Crippen LogP contribution in [0.4, 0.5) is 4.39 Å². The van der Waals surface area contributed by atoms with Gasteiger partial charge in [-0.1, -0.05) is 12.1 Å². The number of carboxylic acids is 1. The quantitative estimate of drug-likeness (QED) is 0.558. The van der Waals surface area contributed by atoms with Crippen LogP contribution in [0.5, 0.6) is 0 Å². The van der Waals surface area contributed by atoms with Gasteiger partial charge in [-0.05, 0) is 31.0 Å². The molecule has 1 unspecified atom stereocenters. The first-order valence-electron chi connectivity index (χ1n) is 8.37. The summed E-state index contributed by atoms with van der Waals surface area (Å²) in [7, 11) is 0. The standard InChI is InChI=1S/C18H15FN6O3/c1-9-3-4-11(5-13(9)19)10(2)25-15-14(7-21-25)22-18(23-16(15)26)24-8-12(6-20-24)17(27)28/h3-8,10H,1-2H3,(H,27,28)(H,22,23,26). The summed E-state index contributed by atoms with van der Waals surface area (Å²) in [6.45, 7) is 3.48. The topological polar surface area (TPSA) is 119 Å². The summed E-state index contributed by atoms with van der Waals surface area (Å²) in [6, 6.07) is 4.47. The lowest BCUT2D eigenvalue weighted by atomic mass is 10.1. The smallest absolute Gasteiger partial charge is 0.338 e. The fourth-order valence-electron chi connectivity index (χ4n) is 2.92. The van der Waals surface area contributed by atoms with E-state index in [0.29, 0.717) is 16.6 Å². The molecule has 0 amide bonds. The molecule has 0 aliphatic carbocycles. The lowest BCUT2D eigenvalue weighted by Gasteiger charge is -2.14. The average Bonchev–Trinajstić information content (AvgIpc) is 3.30. The Bertz CT molecular complexity index is 1270. The van der Waals surface area contributed by atoms with E-state index in [0.717, 1.165) is 6.20 Å². The number of H-pyrrole nitrogens is 1. The van der Waals surface area contributed by atoms with E-state index in [1.807, 2.05) is 0 Å². The Morgan fingerprint density at radius 3 is 2.75 bits per heavy atom. The molecule has 4 aromatic rings. The number of aryl methyl sites for hydroxylation is 1. The number of aromatic carboxylic acids is 1. The second-order valence-electron chi connectivity index (χ2n) is 6.38. The van der Waals surface area contributed by atoms with Gasteiger partial charge in [-0.2, -0.15) is 10.2 Å². The molecule has 1 aromatic carbocycles. The first kappa shape index (κ1) is 17.6. The number of nitrogens with one attached hydrogen (secondary N) is 1. The lowest BCUT2D eigenvalue weighted by Crippen LogP contribution is -2.19. The lowest BCUT2D eigenvalue weighted by molar-refractivity contribution is 0.0697. The zero-order valence-corrected chi connectivity index (χ0v) is 14.9. The molecule has 2 N–H and O–H groups in total. The normalized spacial score (nSPS) is 12.4. The molecule has 0 radical (unpaired) electrons. The summed E-state index contributed by atoms with van der Waals surface area (Å²) in [5.41, 5.74) is 1.23. The zero-order valence-electron chi connectivity index (χ0n) is 14.9. The number of halogens is 1. The first-order chi connectivity index (χ1) is 13.3. The molecule has 1 atom stereocenters. The van der Waals surface area contributed by atoms with Gasteiger partial charge in [-0.15, -0.1) is 0 Å². The van der Waals surface area contributed by atoms with Crippen molar-refractivity contribution < 1.29 is 14.3 Å². The number of fused-ring (bicyclic) bond motifs is 1. The van der Waals surface area contributed by atoms with Crippen LogP contribution in [-0.4, -0.2) is 40.6 Å². The highest BCUT2D eigenvalue weighted by Gasteiger charge is 2.18. The third-order valence-electron chi connectivity index (χ3n) is 4.53. The summed E-state index contributed by atoms with van der Waals surface area (Å²) >= 11 is 0. The molecule has 0 saturated heterocycles. The van der Waals surface area contributed by atoms with Crippen LogP contribution in [0, 0.1) is 12.7 Å². The van der Waals surface area contributed by atoms with Crippen molar-refractivity contribution in [1.82, 2.24) is 29.5 Å². The molecule has 3 heterocycles. The highest BCUT2D eigenvalue weighted by molar-refractivity contribution is 5.87. The Morgan fingerprint density at radius 1 is 1.29 bits per heavy atom. The monoisotopic (exact) mass is 382 g/mol. The zero-order chi connectivity index (χ0) is 20.0. The molecule has 28 heavy (non-hydrogen) atoms. The number of hydrogen-bond donors (Lipinski definition) is 2. The van der Waals surface area contributed by atoms with Gasteiger partial charge in [0, 0.05) is 6.20 Å². The molecule has 0 saturated carbocycles. The Kier molecular flexibility index (Phi) is 4.03. The molecule has 0 aliphatic rings. The number of aromatic amines is 1. The molecule has 9 nitrogen and oxygen atoms in total. The summed E-state index contributed by atoms with van der Waals surface area (Å²) in [4.78, 5) is 30.5. The maximum atomic E-state index is 13.9. The minimum Gasteiger partial charge on any atom is -0.478 e. The highest BCUT2D eigenvalue weighted by atomic mass is 19.1. The number of rotatable bonds is 4. The molecule has 0 spiro atoms. The van der Waals surface area contributed by atoms with Crippen LogP contribution < -0.4 is 5.56 Å². The third kappa shape index (κ3) is 2.84. The summed E-state index contributed by atoms with van der Waals surface area (Å²) in [5.74, 6) is -1.40. The predicted molar refractivity (Wildman–Crippen MR) is 97.2 cm³/mol. The van der Waals surface area contributed by atoms with E-state index < -0.39 is 17.6 Å². The van der Waals surface area contributed by atoms with Crippen molar-refractivity contribution in [2.45, 2.75) is 19.9 Å². The SMILES string of the molecule is Cc1ccc(C(C)n2ncc3nc(-n4cc(C(=O)O)cn4)[nH]c(=O)c32)cc1F. The van der Waals surface area contributed by atoms with Crippen molar-refractivity contribution in [1.29, 1.82) is 0 Å². The summed E-state index contributed by atoms with van der Waals surface area (Å²) < 4.78 is 16.6. The maximum Gasteiger partial charge on any atom is 0.338 e. The Hall–Kier alpha value is -3.82. The Morgan fingerprint density at radius 2 is 2.07 bits per heavy atom. The number of carboxylic acid groups (broad SMARTS) is 1. The number of hydrogen-bond acceptors (Lipinski definition) is 5. The van der Waals surface area contributed by atoms with Gasteiger partial charge < -0.3 is 5.11 Å². The molecular formula is C18H15FN6O3. The molecule has 4 rings (SSSR count).